The standard InChI is InChI=1S/C6H8O2.ClH/c1-3-4-5(2)6(7)8;/h1,5H,4H2,2H3,(H,7,8);1H. The predicted molar refractivity (Wildman–Crippen MR) is 37.5 cm³/mol. The van der Waals surface area contributed by atoms with E-state index in [9.17, 15) is 4.79 Å². The lowest BCUT2D eigenvalue weighted by molar-refractivity contribution is -0.140. The van der Waals surface area contributed by atoms with Crippen molar-refractivity contribution >= 4 is 18.4 Å². The van der Waals surface area contributed by atoms with Crippen molar-refractivity contribution in [2.75, 3.05) is 0 Å². The summed E-state index contributed by atoms with van der Waals surface area (Å²) in [5.41, 5.74) is 0. The average Bonchev–Trinajstić information content (AvgIpc) is 1.67. The molecule has 0 aromatic carbocycles. The molecule has 0 amide bonds. The molecular formula is C6H9ClO2. The lowest BCUT2D eigenvalue weighted by Gasteiger charge is -1.96. The first kappa shape index (κ1) is 11.2. The molecule has 0 aromatic heterocycles. The lowest BCUT2D eigenvalue weighted by Crippen LogP contribution is -2.07. The first-order valence-electron chi connectivity index (χ1n) is 2.34. The van der Waals surface area contributed by atoms with Crippen molar-refractivity contribution < 1.29 is 9.90 Å². The van der Waals surface area contributed by atoms with E-state index in [4.69, 9.17) is 11.5 Å². The Kier molecular flexibility index (Phi) is 6.77. The van der Waals surface area contributed by atoms with E-state index in [1.54, 1.807) is 6.92 Å². The first-order valence-corrected chi connectivity index (χ1v) is 2.34. The molecule has 0 saturated carbocycles. The highest BCUT2D eigenvalue weighted by molar-refractivity contribution is 5.85. The summed E-state index contributed by atoms with van der Waals surface area (Å²) in [6.45, 7) is 1.59. The Morgan fingerprint density at radius 2 is 2.33 bits per heavy atom. The second kappa shape index (κ2) is 5.46. The maximum Gasteiger partial charge on any atom is 0.307 e. The number of hydrogen-bond acceptors (Lipinski definition) is 1. The van der Waals surface area contributed by atoms with Gasteiger partial charge in [0.1, 0.15) is 0 Å². The zero-order valence-electron chi connectivity index (χ0n) is 5.13. The molecule has 0 aliphatic heterocycles. The monoisotopic (exact) mass is 148 g/mol. The van der Waals surface area contributed by atoms with Crippen LogP contribution in [-0.4, -0.2) is 11.1 Å². The molecule has 0 fully saturated rings. The number of terminal acetylenes is 1. The summed E-state index contributed by atoms with van der Waals surface area (Å²) in [4.78, 5) is 9.99. The van der Waals surface area contributed by atoms with Crippen LogP contribution in [0, 0.1) is 18.3 Å². The number of carbonyl (C=O) groups is 1. The Bertz CT molecular complexity index is 126. The third-order valence-corrected chi connectivity index (χ3v) is 0.846. The molecule has 0 rings (SSSR count). The van der Waals surface area contributed by atoms with Crippen molar-refractivity contribution in [1.82, 2.24) is 0 Å². The SMILES string of the molecule is C#CCC(C)C(=O)O.Cl. The van der Waals surface area contributed by atoms with E-state index < -0.39 is 11.9 Å². The molecule has 3 heteroatoms. The molecule has 2 nitrogen and oxygen atoms in total. The molecule has 0 saturated heterocycles. The molecule has 52 valence electrons. The van der Waals surface area contributed by atoms with Crippen LogP contribution in [0.3, 0.4) is 0 Å². The summed E-state index contributed by atoms with van der Waals surface area (Å²) in [6, 6.07) is 0. The minimum atomic E-state index is -0.831. The quantitative estimate of drug-likeness (QED) is 0.597. The fourth-order valence-corrected chi connectivity index (χ4v) is 0.264. The van der Waals surface area contributed by atoms with Gasteiger partial charge in [0, 0.05) is 6.42 Å². The predicted octanol–water partition coefficient (Wildman–Crippen LogP) is 1.15. The van der Waals surface area contributed by atoms with Crippen molar-refractivity contribution in [2.24, 2.45) is 5.92 Å². The maximum absolute atomic E-state index is 9.99. The summed E-state index contributed by atoms with van der Waals surface area (Å²) in [7, 11) is 0. The van der Waals surface area contributed by atoms with Crippen LogP contribution in [0.5, 0.6) is 0 Å². The van der Waals surface area contributed by atoms with Crippen molar-refractivity contribution in [3.8, 4) is 12.3 Å². The zero-order valence-corrected chi connectivity index (χ0v) is 5.94. The lowest BCUT2D eigenvalue weighted by atomic mass is 10.1. The second-order valence-corrected chi connectivity index (χ2v) is 1.65. The first-order chi connectivity index (χ1) is 3.68. The highest BCUT2D eigenvalue weighted by atomic mass is 35.5. The fourth-order valence-electron chi connectivity index (χ4n) is 0.264. The van der Waals surface area contributed by atoms with Gasteiger partial charge in [-0.1, -0.05) is 6.92 Å². The Morgan fingerprint density at radius 1 is 1.89 bits per heavy atom. The molecular weight excluding hydrogens is 140 g/mol. The molecule has 9 heavy (non-hydrogen) atoms. The molecule has 0 aliphatic rings. The fraction of sp³-hybridized carbons (Fsp3) is 0.500. The Labute approximate surface area is 60.7 Å². The maximum atomic E-state index is 9.99. The molecule has 0 bridgehead atoms. The van der Waals surface area contributed by atoms with Gasteiger partial charge in [-0.2, -0.15) is 0 Å². The van der Waals surface area contributed by atoms with Gasteiger partial charge in [0.15, 0.2) is 0 Å². The summed E-state index contributed by atoms with van der Waals surface area (Å²) in [5.74, 6) is 1.03. The summed E-state index contributed by atoms with van der Waals surface area (Å²) in [6.07, 6.45) is 5.17. The summed E-state index contributed by atoms with van der Waals surface area (Å²) in [5, 5.41) is 8.22. The number of carboxylic acids is 1. The molecule has 0 radical (unpaired) electrons. The van der Waals surface area contributed by atoms with Gasteiger partial charge >= 0.3 is 5.97 Å². The molecule has 0 heterocycles. The highest BCUT2D eigenvalue weighted by Gasteiger charge is 2.06. The number of aliphatic carboxylic acids is 1. The summed E-state index contributed by atoms with van der Waals surface area (Å²) >= 11 is 0. The largest absolute Gasteiger partial charge is 0.481 e. The van der Waals surface area contributed by atoms with Crippen molar-refractivity contribution in [1.29, 1.82) is 0 Å². The average molecular weight is 149 g/mol. The van der Waals surface area contributed by atoms with Crippen molar-refractivity contribution in [2.45, 2.75) is 13.3 Å². The topological polar surface area (TPSA) is 37.3 Å². The van der Waals surface area contributed by atoms with Crippen LogP contribution in [-0.2, 0) is 4.79 Å². The van der Waals surface area contributed by atoms with Crippen molar-refractivity contribution in [3.63, 3.8) is 0 Å². The number of halogens is 1. The van der Waals surface area contributed by atoms with E-state index in [2.05, 4.69) is 5.92 Å². The van der Waals surface area contributed by atoms with E-state index >= 15 is 0 Å². The number of hydrogen-bond donors (Lipinski definition) is 1. The third-order valence-electron chi connectivity index (χ3n) is 0.846. The van der Waals surface area contributed by atoms with E-state index in [1.807, 2.05) is 0 Å². The van der Waals surface area contributed by atoms with Gasteiger partial charge < -0.3 is 5.11 Å². The molecule has 1 atom stereocenters. The van der Waals surface area contributed by atoms with Gasteiger partial charge in [-0.05, 0) is 0 Å². The molecule has 1 unspecified atom stereocenters. The molecule has 1 N–H and O–H groups in total. The highest BCUT2D eigenvalue weighted by Crippen LogP contribution is 1.97. The van der Waals surface area contributed by atoms with Crippen LogP contribution in [0.1, 0.15) is 13.3 Å². The van der Waals surface area contributed by atoms with Gasteiger partial charge in [0.2, 0.25) is 0 Å². The molecule has 0 aliphatic carbocycles. The van der Waals surface area contributed by atoms with Crippen LogP contribution in [0.15, 0.2) is 0 Å². The molecule has 0 spiro atoms. The van der Waals surface area contributed by atoms with Gasteiger partial charge in [-0.25, -0.2) is 0 Å². The minimum absolute atomic E-state index is 0. The van der Waals surface area contributed by atoms with Crippen LogP contribution in [0.2, 0.25) is 0 Å². The van der Waals surface area contributed by atoms with Crippen LogP contribution >= 0.6 is 12.4 Å². The zero-order chi connectivity index (χ0) is 6.57. The van der Waals surface area contributed by atoms with Gasteiger partial charge in [-0.3, -0.25) is 4.79 Å². The van der Waals surface area contributed by atoms with E-state index in [0.29, 0.717) is 6.42 Å². The summed E-state index contributed by atoms with van der Waals surface area (Å²) < 4.78 is 0. The molecule has 0 aromatic rings. The van der Waals surface area contributed by atoms with E-state index in [-0.39, 0.29) is 12.4 Å². The Hall–Kier alpha value is -0.680. The van der Waals surface area contributed by atoms with Gasteiger partial charge in [-0.15, -0.1) is 24.8 Å². The van der Waals surface area contributed by atoms with Crippen LogP contribution in [0.25, 0.3) is 0 Å². The number of rotatable bonds is 2. The van der Waals surface area contributed by atoms with Crippen molar-refractivity contribution in [3.05, 3.63) is 0 Å². The second-order valence-electron chi connectivity index (χ2n) is 1.65. The van der Waals surface area contributed by atoms with E-state index in [1.165, 1.54) is 0 Å². The third kappa shape index (κ3) is 5.19. The van der Waals surface area contributed by atoms with Crippen LogP contribution in [0.4, 0.5) is 0 Å². The normalized spacial score (nSPS) is 10.7. The Morgan fingerprint density at radius 3 is 2.44 bits per heavy atom. The Balaban J connectivity index is 0. The minimum Gasteiger partial charge on any atom is -0.481 e. The smallest absolute Gasteiger partial charge is 0.307 e. The van der Waals surface area contributed by atoms with Gasteiger partial charge in [0.25, 0.3) is 0 Å². The number of carboxylic acid groups (broad SMARTS) is 1. The van der Waals surface area contributed by atoms with E-state index in [0.717, 1.165) is 0 Å². The van der Waals surface area contributed by atoms with Crippen LogP contribution < -0.4 is 0 Å². The van der Waals surface area contributed by atoms with Gasteiger partial charge in [0.05, 0.1) is 5.92 Å².